The highest BCUT2D eigenvalue weighted by molar-refractivity contribution is 5.73. The number of carboxylic acid groups (broad SMARTS) is 1. The van der Waals surface area contributed by atoms with Gasteiger partial charge in [0.2, 0.25) is 0 Å². The van der Waals surface area contributed by atoms with Gasteiger partial charge < -0.3 is 20.2 Å². The molecule has 5 nitrogen and oxygen atoms in total. The van der Waals surface area contributed by atoms with E-state index in [0.29, 0.717) is 12.0 Å². The minimum Gasteiger partial charge on any atom is -0.480 e. The Hall–Kier alpha value is -0.650. The number of likely N-dealkylation sites (N-methyl/N-ethyl adjacent to an activating group) is 2. The van der Waals surface area contributed by atoms with Gasteiger partial charge in [-0.25, -0.2) is 0 Å². The molecular formula is C15H31N3O2. The van der Waals surface area contributed by atoms with Crippen molar-refractivity contribution in [2.24, 2.45) is 0 Å². The molecule has 0 heterocycles. The van der Waals surface area contributed by atoms with Gasteiger partial charge in [-0.3, -0.25) is 4.79 Å². The summed E-state index contributed by atoms with van der Waals surface area (Å²) in [5.41, 5.74) is 0.305. The Morgan fingerprint density at radius 2 is 1.90 bits per heavy atom. The highest BCUT2D eigenvalue weighted by atomic mass is 16.4. The van der Waals surface area contributed by atoms with Crippen LogP contribution in [0.25, 0.3) is 0 Å². The van der Waals surface area contributed by atoms with Crippen molar-refractivity contribution in [2.45, 2.75) is 57.2 Å². The lowest BCUT2D eigenvalue weighted by Crippen LogP contribution is -2.57. The van der Waals surface area contributed by atoms with Crippen LogP contribution < -0.4 is 5.32 Å². The number of carbonyl (C=O) groups is 1. The predicted molar refractivity (Wildman–Crippen MR) is 82.1 cm³/mol. The van der Waals surface area contributed by atoms with Crippen LogP contribution in [0.4, 0.5) is 0 Å². The average Bonchev–Trinajstić information content (AvgIpc) is 2.27. The molecule has 0 spiro atoms. The summed E-state index contributed by atoms with van der Waals surface area (Å²) in [5, 5.41) is 12.3. The Balaban J connectivity index is 2.41. The fourth-order valence-corrected chi connectivity index (χ4v) is 2.94. The molecule has 118 valence electrons. The zero-order chi connectivity index (χ0) is 15.3. The van der Waals surface area contributed by atoms with Crippen molar-refractivity contribution in [3.63, 3.8) is 0 Å². The van der Waals surface area contributed by atoms with E-state index in [1.54, 1.807) is 0 Å². The molecule has 0 bridgehead atoms. The number of aliphatic carboxylic acids is 1. The van der Waals surface area contributed by atoms with Gasteiger partial charge >= 0.3 is 5.97 Å². The lowest BCUT2D eigenvalue weighted by molar-refractivity contribution is -0.140. The first-order chi connectivity index (χ1) is 9.27. The van der Waals surface area contributed by atoms with Crippen LogP contribution in [0.2, 0.25) is 0 Å². The van der Waals surface area contributed by atoms with Crippen molar-refractivity contribution in [1.29, 1.82) is 0 Å². The summed E-state index contributed by atoms with van der Waals surface area (Å²) in [6.45, 7) is 5.80. The molecule has 5 heteroatoms. The van der Waals surface area contributed by atoms with E-state index in [1.807, 2.05) is 13.8 Å². The van der Waals surface area contributed by atoms with Gasteiger partial charge in [0.25, 0.3) is 0 Å². The van der Waals surface area contributed by atoms with Crippen LogP contribution in [0, 0.1) is 0 Å². The van der Waals surface area contributed by atoms with Crippen molar-refractivity contribution in [2.75, 3.05) is 34.2 Å². The quantitative estimate of drug-likeness (QED) is 0.667. The normalized spacial score (nSPS) is 19.4. The maximum absolute atomic E-state index is 11.2. The molecule has 1 saturated carbocycles. The first-order valence-corrected chi connectivity index (χ1v) is 7.62. The van der Waals surface area contributed by atoms with Crippen molar-refractivity contribution in [1.82, 2.24) is 15.1 Å². The van der Waals surface area contributed by atoms with Crippen LogP contribution in [0.5, 0.6) is 0 Å². The summed E-state index contributed by atoms with van der Waals surface area (Å²) in [6, 6.07) is -0.254. The largest absolute Gasteiger partial charge is 0.480 e. The van der Waals surface area contributed by atoms with Gasteiger partial charge in [0.15, 0.2) is 0 Å². The third-order valence-corrected chi connectivity index (χ3v) is 4.43. The van der Waals surface area contributed by atoms with E-state index >= 15 is 0 Å². The van der Waals surface area contributed by atoms with E-state index in [2.05, 4.69) is 36.3 Å². The molecule has 0 aromatic carbocycles. The SMILES string of the molecule is CC(C)NC(CCN(C)CC1(N(C)C)CCC1)C(=O)O. The molecular weight excluding hydrogens is 254 g/mol. The first kappa shape index (κ1) is 17.4. The molecule has 1 unspecified atom stereocenters. The topological polar surface area (TPSA) is 55.8 Å². The number of nitrogens with one attached hydrogen (secondary N) is 1. The third-order valence-electron chi connectivity index (χ3n) is 4.43. The van der Waals surface area contributed by atoms with Crippen LogP contribution in [-0.4, -0.2) is 72.7 Å². The molecule has 1 aliphatic carbocycles. The van der Waals surface area contributed by atoms with Gasteiger partial charge in [-0.2, -0.15) is 0 Å². The predicted octanol–water partition coefficient (Wildman–Crippen LogP) is 1.24. The number of hydrogen-bond acceptors (Lipinski definition) is 4. The van der Waals surface area contributed by atoms with Crippen LogP contribution in [-0.2, 0) is 4.79 Å². The molecule has 2 N–H and O–H groups in total. The second kappa shape index (κ2) is 7.38. The Labute approximate surface area is 123 Å². The molecule has 1 aliphatic rings. The Morgan fingerprint density at radius 3 is 2.25 bits per heavy atom. The van der Waals surface area contributed by atoms with Gasteiger partial charge in [-0.1, -0.05) is 13.8 Å². The standard InChI is InChI=1S/C15H31N3O2/c1-12(2)16-13(14(19)20)7-10-18(5)11-15(17(3)4)8-6-9-15/h12-13,16H,6-11H2,1-5H3,(H,19,20). The first-order valence-electron chi connectivity index (χ1n) is 7.62. The van der Waals surface area contributed by atoms with Gasteiger partial charge in [0.05, 0.1) is 0 Å². The van der Waals surface area contributed by atoms with Gasteiger partial charge in [0, 0.05) is 18.1 Å². The summed E-state index contributed by atoms with van der Waals surface area (Å²) < 4.78 is 0. The molecule has 0 aliphatic heterocycles. The van der Waals surface area contributed by atoms with Gasteiger partial charge in [0.1, 0.15) is 6.04 Å². The number of hydrogen-bond donors (Lipinski definition) is 2. The van der Waals surface area contributed by atoms with Crippen LogP contribution in [0.15, 0.2) is 0 Å². The summed E-state index contributed by atoms with van der Waals surface area (Å²) in [6.07, 6.45) is 4.44. The Kier molecular flexibility index (Phi) is 6.43. The zero-order valence-corrected chi connectivity index (χ0v) is 13.6. The molecule has 0 radical (unpaired) electrons. The summed E-state index contributed by atoms with van der Waals surface area (Å²) in [4.78, 5) is 15.8. The lowest BCUT2D eigenvalue weighted by atomic mass is 9.75. The van der Waals surface area contributed by atoms with Crippen molar-refractivity contribution in [3.05, 3.63) is 0 Å². The van der Waals surface area contributed by atoms with Crippen LogP contribution in [0.1, 0.15) is 39.5 Å². The van der Waals surface area contributed by atoms with E-state index in [9.17, 15) is 9.90 Å². The Morgan fingerprint density at radius 1 is 1.30 bits per heavy atom. The maximum atomic E-state index is 11.2. The second-order valence-electron chi connectivity index (χ2n) is 6.71. The van der Waals surface area contributed by atoms with E-state index in [0.717, 1.165) is 13.1 Å². The van der Waals surface area contributed by atoms with Gasteiger partial charge in [-0.05, 0) is 53.4 Å². The van der Waals surface area contributed by atoms with E-state index in [-0.39, 0.29) is 6.04 Å². The molecule has 1 rings (SSSR count). The van der Waals surface area contributed by atoms with Crippen molar-refractivity contribution >= 4 is 5.97 Å². The molecule has 0 saturated heterocycles. The van der Waals surface area contributed by atoms with Crippen molar-refractivity contribution < 1.29 is 9.90 Å². The molecule has 1 atom stereocenters. The van der Waals surface area contributed by atoms with E-state index in [4.69, 9.17) is 0 Å². The monoisotopic (exact) mass is 285 g/mol. The van der Waals surface area contributed by atoms with Gasteiger partial charge in [-0.15, -0.1) is 0 Å². The minimum absolute atomic E-state index is 0.196. The van der Waals surface area contributed by atoms with Crippen molar-refractivity contribution in [3.8, 4) is 0 Å². The highest BCUT2D eigenvalue weighted by Gasteiger charge is 2.39. The van der Waals surface area contributed by atoms with E-state index in [1.165, 1.54) is 19.3 Å². The number of rotatable bonds is 9. The molecule has 0 aromatic heterocycles. The summed E-state index contributed by atoms with van der Waals surface area (Å²) in [7, 11) is 6.39. The second-order valence-corrected chi connectivity index (χ2v) is 6.71. The molecule has 0 aromatic rings. The highest BCUT2D eigenvalue weighted by Crippen LogP contribution is 2.36. The number of nitrogens with zero attached hydrogens (tertiary/aromatic N) is 2. The summed E-state index contributed by atoms with van der Waals surface area (Å²) in [5.74, 6) is -0.752. The van der Waals surface area contributed by atoms with E-state index < -0.39 is 12.0 Å². The van der Waals surface area contributed by atoms with Crippen LogP contribution in [0.3, 0.4) is 0 Å². The molecule has 0 amide bonds. The average molecular weight is 285 g/mol. The minimum atomic E-state index is -0.752. The molecule has 20 heavy (non-hydrogen) atoms. The Bertz CT molecular complexity index is 314. The fraction of sp³-hybridized carbons (Fsp3) is 0.933. The third kappa shape index (κ3) is 4.72. The van der Waals surface area contributed by atoms with Crippen LogP contribution >= 0.6 is 0 Å². The number of carboxylic acids is 1. The lowest BCUT2D eigenvalue weighted by Gasteiger charge is -2.49. The fourth-order valence-electron chi connectivity index (χ4n) is 2.94. The smallest absolute Gasteiger partial charge is 0.320 e. The molecule has 1 fully saturated rings. The zero-order valence-electron chi connectivity index (χ0n) is 13.6. The maximum Gasteiger partial charge on any atom is 0.320 e. The summed E-state index contributed by atoms with van der Waals surface area (Å²) >= 11 is 0.